The van der Waals surface area contributed by atoms with E-state index in [1.807, 2.05) is 24.3 Å². The Hall–Kier alpha value is -1.39. The van der Waals surface area contributed by atoms with Gasteiger partial charge >= 0.3 is 0 Å². The van der Waals surface area contributed by atoms with E-state index in [1.54, 1.807) is 7.05 Å². The summed E-state index contributed by atoms with van der Waals surface area (Å²) in [6.45, 7) is 0.552. The third-order valence-corrected chi connectivity index (χ3v) is 4.43. The van der Waals surface area contributed by atoms with Crippen LogP contribution in [0.1, 0.15) is 11.1 Å². The van der Waals surface area contributed by atoms with Gasteiger partial charge in [-0.1, -0.05) is 30.0 Å². The molecule has 0 saturated heterocycles. The molecule has 0 fully saturated rings. The van der Waals surface area contributed by atoms with Crippen molar-refractivity contribution in [2.75, 3.05) is 27.7 Å². The van der Waals surface area contributed by atoms with Crippen molar-refractivity contribution in [2.45, 2.75) is 6.54 Å². The van der Waals surface area contributed by atoms with Crippen molar-refractivity contribution in [1.29, 1.82) is 0 Å². The van der Waals surface area contributed by atoms with Gasteiger partial charge in [0.2, 0.25) is 0 Å². The zero-order chi connectivity index (χ0) is 14.5. The highest BCUT2D eigenvalue weighted by molar-refractivity contribution is 7.86. The van der Waals surface area contributed by atoms with E-state index in [1.165, 1.54) is 22.7 Å². The van der Waals surface area contributed by atoms with E-state index in [0.29, 0.717) is 0 Å². The maximum Gasteiger partial charge on any atom is 0.281 e. The van der Waals surface area contributed by atoms with Crippen LogP contribution in [0, 0.1) is 11.8 Å². The molecule has 0 bridgehead atoms. The van der Waals surface area contributed by atoms with E-state index in [9.17, 15) is 8.42 Å². The lowest BCUT2D eigenvalue weighted by Gasteiger charge is -2.21. The molecule has 0 unspecified atom stereocenters. The zero-order valence-electron chi connectivity index (χ0n) is 11.4. The molecule has 0 aliphatic carbocycles. The zero-order valence-corrected chi connectivity index (χ0v) is 12.2. The largest absolute Gasteiger partial charge is 0.320 e. The molecule has 6 heteroatoms. The lowest BCUT2D eigenvalue weighted by Crippen LogP contribution is -2.37. The Morgan fingerprint density at radius 2 is 1.84 bits per heavy atom. The molecule has 0 saturated carbocycles. The molecule has 19 heavy (non-hydrogen) atoms. The molecule has 104 valence electrons. The Morgan fingerprint density at radius 1 is 1.21 bits per heavy atom. The molecule has 2 N–H and O–H groups in total. The first-order chi connectivity index (χ1) is 8.89. The van der Waals surface area contributed by atoms with Crippen LogP contribution < -0.4 is 5.73 Å². The van der Waals surface area contributed by atoms with Gasteiger partial charge in [-0.15, -0.1) is 0 Å². The van der Waals surface area contributed by atoms with Gasteiger partial charge in [-0.05, 0) is 11.6 Å². The van der Waals surface area contributed by atoms with Crippen molar-refractivity contribution < 1.29 is 8.42 Å². The third kappa shape index (κ3) is 4.04. The molecular weight excluding hydrogens is 262 g/mol. The van der Waals surface area contributed by atoms with Crippen molar-refractivity contribution in [3.05, 3.63) is 35.4 Å². The van der Waals surface area contributed by atoms with Crippen molar-refractivity contribution in [2.24, 2.45) is 5.73 Å². The van der Waals surface area contributed by atoms with Gasteiger partial charge in [-0.3, -0.25) is 0 Å². The maximum atomic E-state index is 12.0. The Labute approximate surface area is 115 Å². The maximum absolute atomic E-state index is 12.0. The summed E-state index contributed by atoms with van der Waals surface area (Å²) in [7, 11) is 1.14. The van der Waals surface area contributed by atoms with Crippen molar-refractivity contribution in [1.82, 2.24) is 8.61 Å². The lowest BCUT2D eigenvalue weighted by molar-refractivity contribution is 0.414. The third-order valence-electron chi connectivity index (χ3n) is 2.59. The molecule has 0 aliphatic rings. The number of hydrogen-bond donors (Lipinski definition) is 1. The van der Waals surface area contributed by atoms with Gasteiger partial charge in [0.25, 0.3) is 10.2 Å². The summed E-state index contributed by atoms with van der Waals surface area (Å²) in [4.78, 5) is 0. The summed E-state index contributed by atoms with van der Waals surface area (Å²) in [5.41, 5.74) is 7.01. The van der Waals surface area contributed by atoms with Gasteiger partial charge in [0.15, 0.2) is 0 Å². The van der Waals surface area contributed by atoms with Crippen LogP contribution in [0.25, 0.3) is 0 Å². The molecule has 0 spiro atoms. The minimum atomic E-state index is -3.42. The van der Waals surface area contributed by atoms with Crippen molar-refractivity contribution >= 4 is 10.2 Å². The first-order valence-electron chi connectivity index (χ1n) is 5.80. The second kappa shape index (κ2) is 6.68. The van der Waals surface area contributed by atoms with E-state index in [4.69, 9.17) is 5.73 Å². The summed E-state index contributed by atoms with van der Waals surface area (Å²) in [5, 5.41) is 0. The van der Waals surface area contributed by atoms with E-state index in [-0.39, 0.29) is 13.1 Å². The fourth-order valence-corrected chi connectivity index (χ4v) is 2.39. The smallest absolute Gasteiger partial charge is 0.281 e. The average Bonchev–Trinajstić information content (AvgIpc) is 2.37. The van der Waals surface area contributed by atoms with E-state index < -0.39 is 10.2 Å². The van der Waals surface area contributed by atoms with E-state index >= 15 is 0 Å². The van der Waals surface area contributed by atoms with Gasteiger partial charge in [0.1, 0.15) is 0 Å². The first kappa shape index (κ1) is 15.7. The van der Waals surface area contributed by atoms with Gasteiger partial charge in [0, 0.05) is 33.3 Å². The predicted molar refractivity (Wildman–Crippen MR) is 76.4 cm³/mol. The van der Waals surface area contributed by atoms with Gasteiger partial charge in [-0.2, -0.15) is 17.0 Å². The minimum Gasteiger partial charge on any atom is -0.320 e. The highest BCUT2D eigenvalue weighted by atomic mass is 32.2. The number of hydrogen-bond acceptors (Lipinski definition) is 3. The van der Waals surface area contributed by atoms with Crippen LogP contribution in [-0.2, 0) is 16.8 Å². The standard InChI is InChI=1S/C13H19N3O2S/c1-15(2)19(17,18)16(3)11-13-8-5-4-7-12(13)9-6-10-14/h4-5,7-8H,10-11,14H2,1-3H3. The second-order valence-electron chi connectivity index (χ2n) is 4.21. The number of benzene rings is 1. The number of rotatable bonds is 4. The molecule has 0 atom stereocenters. The van der Waals surface area contributed by atoms with Gasteiger partial charge in [-0.25, -0.2) is 0 Å². The SMILES string of the molecule is CN(C)S(=O)(=O)N(C)Cc1ccccc1C#CCN. The Kier molecular flexibility index (Phi) is 5.51. The second-order valence-corrected chi connectivity index (χ2v) is 6.46. The minimum absolute atomic E-state index is 0.274. The highest BCUT2D eigenvalue weighted by Crippen LogP contribution is 2.13. The quantitative estimate of drug-likeness (QED) is 0.804. The van der Waals surface area contributed by atoms with Crippen LogP contribution in [0.2, 0.25) is 0 Å². The topological polar surface area (TPSA) is 66.6 Å². The predicted octanol–water partition coefficient (Wildman–Crippen LogP) is 0.235. The first-order valence-corrected chi connectivity index (χ1v) is 7.20. The molecule has 0 amide bonds. The Morgan fingerprint density at radius 3 is 2.42 bits per heavy atom. The normalized spacial score (nSPS) is 11.5. The molecule has 5 nitrogen and oxygen atoms in total. The summed E-state index contributed by atoms with van der Waals surface area (Å²) in [5.74, 6) is 5.73. The van der Waals surface area contributed by atoms with Crippen LogP contribution in [-0.4, -0.2) is 44.7 Å². The number of nitrogens with zero attached hydrogens (tertiary/aromatic N) is 2. The summed E-state index contributed by atoms with van der Waals surface area (Å²) in [6, 6.07) is 7.44. The summed E-state index contributed by atoms with van der Waals surface area (Å²) in [6.07, 6.45) is 0. The Bertz CT molecular complexity index is 585. The van der Waals surface area contributed by atoms with Crippen LogP contribution >= 0.6 is 0 Å². The fraction of sp³-hybridized carbons (Fsp3) is 0.385. The molecule has 0 heterocycles. The number of nitrogens with two attached hydrogens (primary N) is 1. The molecular formula is C13H19N3O2S. The monoisotopic (exact) mass is 281 g/mol. The molecule has 0 radical (unpaired) electrons. The van der Waals surface area contributed by atoms with Gasteiger partial charge in [0.05, 0.1) is 6.54 Å². The molecule has 0 aromatic heterocycles. The fourth-order valence-electron chi connectivity index (χ4n) is 1.53. The molecule has 0 aliphatic heterocycles. The molecule has 1 aromatic rings. The van der Waals surface area contributed by atoms with E-state index in [0.717, 1.165) is 11.1 Å². The van der Waals surface area contributed by atoms with Crippen LogP contribution in [0.3, 0.4) is 0 Å². The summed E-state index contributed by atoms with van der Waals surface area (Å²) < 4.78 is 26.4. The average molecular weight is 281 g/mol. The van der Waals surface area contributed by atoms with Crippen molar-refractivity contribution in [3.63, 3.8) is 0 Å². The summed E-state index contributed by atoms with van der Waals surface area (Å²) >= 11 is 0. The van der Waals surface area contributed by atoms with Crippen LogP contribution in [0.15, 0.2) is 24.3 Å². The van der Waals surface area contributed by atoms with Crippen molar-refractivity contribution in [3.8, 4) is 11.8 Å². The molecule has 1 rings (SSSR count). The Balaban J connectivity index is 3.01. The van der Waals surface area contributed by atoms with Crippen LogP contribution in [0.4, 0.5) is 0 Å². The van der Waals surface area contributed by atoms with E-state index in [2.05, 4.69) is 11.8 Å². The lowest BCUT2D eigenvalue weighted by atomic mass is 10.1. The highest BCUT2D eigenvalue weighted by Gasteiger charge is 2.20. The van der Waals surface area contributed by atoms with Gasteiger partial charge < -0.3 is 5.73 Å². The molecule has 1 aromatic carbocycles. The van der Waals surface area contributed by atoms with Crippen LogP contribution in [0.5, 0.6) is 0 Å².